The van der Waals surface area contributed by atoms with Gasteiger partial charge in [0.2, 0.25) is 0 Å². The van der Waals surface area contributed by atoms with Crippen molar-refractivity contribution in [2.24, 2.45) is 7.05 Å². The van der Waals surface area contributed by atoms with Crippen LogP contribution >= 0.6 is 0 Å². The number of aliphatic hydroxyl groups is 1. The highest BCUT2D eigenvalue weighted by molar-refractivity contribution is 6.51. The molecule has 0 saturated carbocycles. The molecule has 1 unspecified atom stereocenters. The molecule has 1 N–H and O–H groups in total. The maximum atomic E-state index is 13.6. The molecule has 1 fully saturated rings. The van der Waals surface area contributed by atoms with E-state index in [1.807, 2.05) is 78.5 Å². The van der Waals surface area contributed by atoms with Crippen LogP contribution in [0.3, 0.4) is 0 Å². The number of aryl methyl sites for hydroxylation is 3. The molecule has 1 amide bonds. The molecule has 1 saturated heterocycles. The Morgan fingerprint density at radius 1 is 1.05 bits per heavy atom. The molecule has 2 aliphatic rings. The molecule has 4 aromatic rings. The van der Waals surface area contributed by atoms with Gasteiger partial charge in [-0.25, -0.2) is 0 Å². The van der Waals surface area contributed by atoms with E-state index in [4.69, 9.17) is 4.74 Å². The smallest absolute Gasteiger partial charge is 0.300 e. The van der Waals surface area contributed by atoms with Gasteiger partial charge in [0.1, 0.15) is 11.5 Å². The van der Waals surface area contributed by atoms with Gasteiger partial charge in [0.25, 0.3) is 11.7 Å². The number of carbonyl (C=O) groups is 2. The molecule has 0 spiro atoms. The third-order valence-corrected chi connectivity index (χ3v) is 7.47. The number of aromatic nitrogens is 1. The van der Waals surface area contributed by atoms with E-state index in [1.165, 1.54) is 4.90 Å². The van der Waals surface area contributed by atoms with Gasteiger partial charge in [-0.1, -0.05) is 37.3 Å². The summed E-state index contributed by atoms with van der Waals surface area (Å²) in [7, 11) is 1.94. The van der Waals surface area contributed by atoms with Crippen molar-refractivity contribution in [3.8, 4) is 5.75 Å². The van der Waals surface area contributed by atoms with E-state index >= 15 is 0 Å². The average molecular weight is 493 g/mol. The fourth-order valence-electron chi connectivity index (χ4n) is 5.54. The number of para-hydroxylation sites is 1. The standard InChI is InChI=1S/C31H28N2O4/c1-3-19-10-13-22(14-11-19)33-28(24-18-32(2)25-9-5-4-8-23(24)25)27(30(35)31(33)36)29(34)21-12-15-26-20(17-21)7-6-16-37-26/h4-5,8-15,17-18,28,34H,3,6-7,16H2,1-2H3/b29-27+. The van der Waals surface area contributed by atoms with Crippen LogP contribution in [0.15, 0.2) is 78.5 Å². The Balaban J connectivity index is 1.58. The maximum absolute atomic E-state index is 13.6. The van der Waals surface area contributed by atoms with Crippen LogP contribution in [-0.4, -0.2) is 28.0 Å². The SMILES string of the molecule is CCc1ccc(N2C(=O)C(=O)/C(=C(/O)c3ccc4c(c3)CCCO4)C2c2cn(C)c3ccccc23)cc1. The predicted octanol–water partition coefficient (Wildman–Crippen LogP) is 5.69. The molecule has 0 radical (unpaired) electrons. The van der Waals surface area contributed by atoms with Gasteiger partial charge in [-0.05, 0) is 66.8 Å². The third-order valence-electron chi connectivity index (χ3n) is 7.47. The summed E-state index contributed by atoms with van der Waals surface area (Å²) in [6, 6.07) is 20.3. The second kappa shape index (κ2) is 8.96. The quantitative estimate of drug-likeness (QED) is 0.226. The highest BCUT2D eigenvalue weighted by Crippen LogP contribution is 2.45. The van der Waals surface area contributed by atoms with E-state index in [-0.39, 0.29) is 11.3 Å². The van der Waals surface area contributed by atoms with Crippen LogP contribution in [0.5, 0.6) is 5.75 Å². The Hall–Kier alpha value is -4.32. The molecule has 1 atom stereocenters. The number of nitrogens with zero attached hydrogens (tertiary/aromatic N) is 2. The molecule has 6 nitrogen and oxygen atoms in total. The van der Waals surface area contributed by atoms with Crippen molar-refractivity contribution >= 4 is 34.0 Å². The lowest BCUT2D eigenvalue weighted by atomic mass is 9.93. The molecular weight excluding hydrogens is 464 g/mol. The van der Waals surface area contributed by atoms with E-state index in [0.29, 0.717) is 17.9 Å². The lowest BCUT2D eigenvalue weighted by Crippen LogP contribution is -2.29. The van der Waals surface area contributed by atoms with Crippen LogP contribution < -0.4 is 9.64 Å². The average Bonchev–Trinajstić information content (AvgIpc) is 3.41. The van der Waals surface area contributed by atoms with E-state index in [2.05, 4.69) is 6.92 Å². The molecule has 0 bridgehead atoms. The van der Waals surface area contributed by atoms with Gasteiger partial charge in [-0.3, -0.25) is 14.5 Å². The molecule has 3 heterocycles. The second-order valence-electron chi connectivity index (χ2n) is 9.68. The number of carbonyl (C=O) groups excluding carboxylic acids is 2. The number of amides is 1. The lowest BCUT2D eigenvalue weighted by Gasteiger charge is -2.25. The van der Waals surface area contributed by atoms with Gasteiger partial charge in [0, 0.05) is 41.0 Å². The maximum Gasteiger partial charge on any atom is 0.300 e. The Labute approximate surface area is 215 Å². The van der Waals surface area contributed by atoms with Crippen molar-refractivity contribution in [3.63, 3.8) is 0 Å². The van der Waals surface area contributed by atoms with Gasteiger partial charge in [0.05, 0.1) is 18.2 Å². The largest absolute Gasteiger partial charge is 0.507 e. The molecule has 6 rings (SSSR count). The summed E-state index contributed by atoms with van der Waals surface area (Å²) < 4.78 is 7.71. The highest BCUT2D eigenvalue weighted by Gasteiger charge is 2.48. The fourth-order valence-corrected chi connectivity index (χ4v) is 5.54. The van der Waals surface area contributed by atoms with Gasteiger partial charge < -0.3 is 14.4 Å². The number of aliphatic hydroxyl groups excluding tert-OH is 1. The first-order valence-electron chi connectivity index (χ1n) is 12.7. The first-order chi connectivity index (χ1) is 18.0. The van der Waals surface area contributed by atoms with Crippen molar-refractivity contribution in [1.82, 2.24) is 4.57 Å². The van der Waals surface area contributed by atoms with Crippen molar-refractivity contribution < 1.29 is 19.4 Å². The topological polar surface area (TPSA) is 71.8 Å². The monoisotopic (exact) mass is 492 g/mol. The number of hydrogen-bond acceptors (Lipinski definition) is 4. The summed E-state index contributed by atoms with van der Waals surface area (Å²) in [4.78, 5) is 28.7. The molecule has 186 valence electrons. The normalized spacial score (nSPS) is 18.8. The third kappa shape index (κ3) is 3.71. The zero-order valence-corrected chi connectivity index (χ0v) is 20.9. The van der Waals surface area contributed by atoms with E-state index < -0.39 is 17.7 Å². The van der Waals surface area contributed by atoms with E-state index in [0.717, 1.165) is 52.6 Å². The molecule has 2 aliphatic heterocycles. The summed E-state index contributed by atoms with van der Waals surface area (Å²) in [6.45, 7) is 2.74. The van der Waals surface area contributed by atoms with Crippen LogP contribution in [-0.2, 0) is 29.5 Å². The number of anilines is 1. The number of benzene rings is 3. The first-order valence-corrected chi connectivity index (χ1v) is 12.7. The summed E-state index contributed by atoms with van der Waals surface area (Å²) in [5, 5.41) is 12.5. The van der Waals surface area contributed by atoms with Crippen LogP contribution in [0, 0.1) is 0 Å². The molecule has 1 aromatic heterocycles. The number of fused-ring (bicyclic) bond motifs is 2. The zero-order chi connectivity index (χ0) is 25.7. The Bertz CT molecular complexity index is 1580. The summed E-state index contributed by atoms with van der Waals surface area (Å²) in [6.07, 6.45) is 4.54. The number of rotatable bonds is 4. The van der Waals surface area contributed by atoms with Crippen molar-refractivity contribution in [2.45, 2.75) is 32.2 Å². The van der Waals surface area contributed by atoms with E-state index in [9.17, 15) is 14.7 Å². The second-order valence-corrected chi connectivity index (χ2v) is 9.68. The minimum absolute atomic E-state index is 0.0950. The predicted molar refractivity (Wildman–Crippen MR) is 144 cm³/mol. The number of ketones is 1. The molecule has 3 aromatic carbocycles. The van der Waals surface area contributed by atoms with Gasteiger partial charge in [-0.2, -0.15) is 0 Å². The van der Waals surface area contributed by atoms with Gasteiger partial charge >= 0.3 is 0 Å². The Morgan fingerprint density at radius 3 is 2.62 bits per heavy atom. The van der Waals surface area contributed by atoms with Crippen LogP contribution in [0.25, 0.3) is 16.7 Å². The summed E-state index contributed by atoms with van der Waals surface area (Å²) in [5.74, 6) is -0.712. The molecule has 0 aliphatic carbocycles. The molecule has 6 heteroatoms. The van der Waals surface area contributed by atoms with Crippen LogP contribution in [0.4, 0.5) is 5.69 Å². The minimum Gasteiger partial charge on any atom is -0.507 e. The lowest BCUT2D eigenvalue weighted by molar-refractivity contribution is -0.132. The Morgan fingerprint density at radius 2 is 1.84 bits per heavy atom. The van der Waals surface area contributed by atoms with Gasteiger partial charge in [-0.15, -0.1) is 0 Å². The number of hydrogen-bond donors (Lipinski definition) is 1. The minimum atomic E-state index is -0.772. The van der Waals surface area contributed by atoms with Gasteiger partial charge in [0.15, 0.2) is 0 Å². The highest BCUT2D eigenvalue weighted by atomic mass is 16.5. The molecular formula is C31H28N2O4. The summed E-state index contributed by atoms with van der Waals surface area (Å²) in [5.41, 5.74) is 5.12. The zero-order valence-electron chi connectivity index (χ0n) is 20.9. The number of ether oxygens (including phenoxy) is 1. The summed E-state index contributed by atoms with van der Waals surface area (Å²) >= 11 is 0. The number of Topliss-reactive ketones (excluding diaryl/α,β-unsaturated/α-hetero) is 1. The Kier molecular flexibility index (Phi) is 5.60. The first kappa shape index (κ1) is 23.1. The molecule has 37 heavy (non-hydrogen) atoms. The van der Waals surface area contributed by atoms with Crippen LogP contribution in [0.2, 0.25) is 0 Å². The van der Waals surface area contributed by atoms with E-state index in [1.54, 1.807) is 6.07 Å². The van der Waals surface area contributed by atoms with Crippen LogP contribution in [0.1, 0.15) is 41.6 Å². The van der Waals surface area contributed by atoms with Crippen molar-refractivity contribution in [1.29, 1.82) is 0 Å². The van der Waals surface area contributed by atoms with Crippen molar-refractivity contribution in [3.05, 3.63) is 101 Å². The fraction of sp³-hybridized carbons (Fsp3) is 0.226. The van der Waals surface area contributed by atoms with Crippen molar-refractivity contribution in [2.75, 3.05) is 11.5 Å².